The third-order valence-corrected chi connectivity index (χ3v) is 12.3. The summed E-state index contributed by atoms with van der Waals surface area (Å²) in [6, 6.07) is 22.6. The lowest BCUT2D eigenvalue weighted by Crippen LogP contribution is -2.82. The Morgan fingerprint density at radius 1 is 0.864 bits per heavy atom. The Morgan fingerprint density at radius 3 is 2.00 bits per heavy atom. The molecule has 1 heterocycles. The van der Waals surface area contributed by atoms with E-state index in [-0.39, 0.29) is 35.3 Å². The van der Waals surface area contributed by atoms with Crippen LogP contribution in [0.1, 0.15) is 66.4 Å². The van der Waals surface area contributed by atoms with Crippen molar-refractivity contribution in [3.05, 3.63) is 119 Å². The molecule has 8 rings (SSSR count). The fraction of sp³-hybridized carbons (Fsp3) is 0.409. The Morgan fingerprint density at radius 2 is 1.46 bits per heavy atom. The Balaban J connectivity index is 1.43. The second kappa shape index (κ2) is 15.8. The summed E-state index contributed by atoms with van der Waals surface area (Å²) in [5.74, 6) is -8.64. The van der Waals surface area contributed by atoms with E-state index in [1.165, 1.54) is 26.0 Å². The average Bonchev–Trinajstić information content (AvgIpc) is 3.22. The summed E-state index contributed by atoms with van der Waals surface area (Å²) in [5, 5.41) is 38.0. The highest BCUT2D eigenvalue weighted by molar-refractivity contribution is 5.96. The largest absolute Gasteiger partial charge is 0.454 e. The quantitative estimate of drug-likeness (QED) is 0.124. The number of carbonyl (C=O) groups excluding carboxylic acids is 6. The summed E-state index contributed by atoms with van der Waals surface area (Å²) in [4.78, 5) is 83.1. The summed E-state index contributed by atoms with van der Waals surface area (Å²) < 4.78 is 30.4. The predicted molar refractivity (Wildman–Crippen MR) is 204 cm³/mol. The van der Waals surface area contributed by atoms with Crippen molar-refractivity contribution in [3.8, 4) is 0 Å². The number of aliphatic hydroxyl groups excluding tert-OH is 3. The van der Waals surface area contributed by atoms with E-state index in [1.807, 2.05) is 0 Å². The van der Waals surface area contributed by atoms with Gasteiger partial charge in [-0.1, -0.05) is 66.7 Å². The van der Waals surface area contributed by atoms with Crippen molar-refractivity contribution in [1.29, 1.82) is 0 Å². The third-order valence-electron chi connectivity index (χ3n) is 12.3. The van der Waals surface area contributed by atoms with Crippen LogP contribution in [0.4, 0.5) is 0 Å². The number of esters is 4. The molecule has 15 nitrogen and oxygen atoms in total. The first-order valence-corrected chi connectivity index (χ1v) is 19.2. The monoisotopic (exact) mass is 811 g/mol. The van der Waals surface area contributed by atoms with Gasteiger partial charge in [0.1, 0.15) is 6.10 Å². The van der Waals surface area contributed by atoms with Gasteiger partial charge in [-0.25, -0.2) is 9.59 Å². The number of ether oxygens (including phenoxy) is 5. The molecule has 11 atom stereocenters. The van der Waals surface area contributed by atoms with E-state index >= 15 is 0 Å². The average molecular weight is 812 g/mol. The standard InChI is InChI=1S/C44H45NO14/c1-23-32-37(56-24(2)47)35(50)31-29(49)20-30-43(22-55-30,58-25(3)48)33(31)38(57-40(53)28-18-12-7-13-19-28)44(23,42(32,4)21-46)59-41(54)36(51)34(26-14-8-5-9-15-26)45-39(52)27-16-10-6-11-17-27/h5-19,29-31,33-34,36-38,46,49,51H,20-22H2,1-4H3,(H,45,52)/t29-,30+,31?,33+,34-,36+,37+,38-,42?,43-,44-/m0/s1. The zero-order chi connectivity index (χ0) is 42.4. The highest BCUT2D eigenvalue weighted by atomic mass is 16.6. The van der Waals surface area contributed by atoms with Crippen molar-refractivity contribution in [2.45, 2.75) is 81.9 Å². The lowest BCUT2D eigenvalue weighted by atomic mass is 9.43. The molecule has 0 aromatic heterocycles. The van der Waals surface area contributed by atoms with E-state index in [2.05, 4.69) is 5.32 Å². The first-order chi connectivity index (χ1) is 28.1. The number of hydrogen-bond donors (Lipinski definition) is 4. The van der Waals surface area contributed by atoms with E-state index in [1.54, 1.807) is 78.9 Å². The molecule has 3 fully saturated rings. The Hall–Kier alpha value is -5.74. The van der Waals surface area contributed by atoms with E-state index in [9.17, 15) is 44.1 Å². The van der Waals surface area contributed by atoms with Crippen LogP contribution in [0, 0.1) is 17.3 Å². The van der Waals surface area contributed by atoms with Crippen molar-refractivity contribution in [2.75, 3.05) is 13.2 Å². The second-order valence-electron chi connectivity index (χ2n) is 15.6. The first kappa shape index (κ1) is 41.4. The van der Waals surface area contributed by atoms with Crippen LogP contribution in [0.3, 0.4) is 0 Å². The summed E-state index contributed by atoms with van der Waals surface area (Å²) in [5.41, 5.74) is -5.40. The van der Waals surface area contributed by atoms with Crippen LogP contribution in [0.2, 0.25) is 0 Å². The maximum absolute atomic E-state index is 14.9. The van der Waals surface area contributed by atoms with Crippen molar-refractivity contribution in [2.24, 2.45) is 17.3 Å². The molecule has 5 aliphatic rings. The van der Waals surface area contributed by atoms with Gasteiger partial charge in [-0.2, -0.15) is 0 Å². The van der Waals surface area contributed by atoms with Gasteiger partial charge in [0.05, 0.1) is 48.2 Å². The first-order valence-electron chi connectivity index (χ1n) is 19.2. The molecule has 2 saturated carbocycles. The van der Waals surface area contributed by atoms with Gasteiger partial charge in [0.2, 0.25) is 0 Å². The second-order valence-corrected chi connectivity index (χ2v) is 15.6. The number of Topliss-reactive ketones (excluding diaryl/α,β-unsaturated/α-hetero) is 1. The number of aliphatic hydroxyl groups is 3. The minimum Gasteiger partial charge on any atom is -0.454 e. The number of rotatable bonds is 11. The van der Waals surface area contributed by atoms with E-state index in [4.69, 9.17) is 23.7 Å². The van der Waals surface area contributed by atoms with Crippen LogP contribution >= 0.6 is 0 Å². The maximum Gasteiger partial charge on any atom is 0.338 e. The van der Waals surface area contributed by atoms with Crippen molar-refractivity contribution in [3.63, 3.8) is 0 Å². The third kappa shape index (κ3) is 6.71. The topological polar surface area (TPSA) is 221 Å². The van der Waals surface area contributed by atoms with Gasteiger partial charge in [0, 0.05) is 25.8 Å². The van der Waals surface area contributed by atoms with E-state index < -0.39 is 107 Å². The fourth-order valence-electron chi connectivity index (χ4n) is 9.66. The van der Waals surface area contributed by atoms with Gasteiger partial charge >= 0.3 is 23.9 Å². The van der Waals surface area contributed by atoms with Crippen LogP contribution in [0.5, 0.6) is 0 Å². The highest BCUT2D eigenvalue weighted by Crippen LogP contribution is 2.66. The van der Waals surface area contributed by atoms with Gasteiger partial charge in [-0.15, -0.1) is 0 Å². The lowest BCUT2D eigenvalue weighted by molar-refractivity contribution is -0.332. The van der Waals surface area contributed by atoms with Gasteiger partial charge in [-0.05, 0) is 54.8 Å². The normalized spacial score (nSPS) is 31.5. The van der Waals surface area contributed by atoms with Crippen LogP contribution in [-0.2, 0) is 42.9 Å². The zero-order valence-electron chi connectivity index (χ0n) is 32.7. The molecule has 1 aliphatic heterocycles. The molecule has 2 unspecified atom stereocenters. The van der Waals surface area contributed by atoms with Crippen LogP contribution in [-0.4, -0.2) is 106 Å². The maximum atomic E-state index is 14.9. The van der Waals surface area contributed by atoms with Crippen molar-refractivity contribution in [1.82, 2.24) is 5.32 Å². The van der Waals surface area contributed by atoms with E-state index in [0.717, 1.165) is 13.8 Å². The Kier molecular flexibility index (Phi) is 11.1. The van der Waals surface area contributed by atoms with Crippen LogP contribution in [0.25, 0.3) is 0 Å². The molecule has 3 aromatic rings. The zero-order valence-corrected chi connectivity index (χ0v) is 32.7. The molecule has 1 saturated heterocycles. The van der Waals surface area contributed by atoms with E-state index in [0.29, 0.717) is 5.56 Å². The smallest absolute Gasteiger partial charge is 0.338 e. The molecule has 310 valence electrons. The summed E-state index contributed by atoms with van der Waals surface area (Å²) in [6.07, 6.45) is -8.57. The molecule has 0 radical (unpaired) electrons. The number of benzene rings is 3. The van der Waals surface area contributed by atoms with Crippen molar-refractivity contribution >= 4 is 35.6 Å². The molecule has 4 N–H and O–H groups in total. The van der Waals surface area contributed by atoms with Gasteiger partial charge in [0.15, 0.2) is 35.3 Å². The molecule has 0 spiro atoms. The van der Waals surface area contributed by atoms with Gasteiger partial charge in [-0.3, -0.25) is 19.2 Å². The molecule has 3 aromatic carbocycles. The minimum absolute atomic E-state index is 0.0133. The number of ketones is 1. The Labute approximate surface area is 339 Å². The summed E-state index contributed by atoms with van der Waals surface area (Å²) in [7, 11) is 0. The van der Waals surface area contributed by atoms with Crippen LogP contribution < -0.4 is 5.32 Å². The Bertz CT molecular complexity index is 2180. The van der Waals surface area contributed by atoms with Crippen LogP contribution in [0.15, 0.2) is 102 Å². The summed E-state index contributed by atoms with van der Waals surface area (Å²) >= 11 is 0. The molecule has 2 bridgehead atoms. The molecule has 1 amide bonds. The van der Waals surface area contributed by atoms with Gasteiger partial charge < -0.3 is 44.3 Å². The SMILES string of the molecule is CC(=O)O[C@H]1C(=O)C2[C@H]([C@H](OC(=O)c3ccccc3)[C@@]3(OC(=O)[C@H](O)[C@@H](NC(=O)c4ccccc4)c4ccccc4)C(C)=C1C3(C)CO)[C@]1(OC(C)=O)CO[C@@H]1C[C@@H]2O. The number of hydrogen-bond acceptors (Lipinski definition) is 14. The van der Waals surface area contributed by atoms with Gasteiger partial charge in [0.25, 0.3) is 5.91 Å². The molecule has 15 heteroatoms. The highest BCUT2D eigenvalue weighted by Gasteiger charge is 2.80. The minimum atomic E-state index is -2.32. The molecule has 59 heavy (non-hydrogen) atoms. The fourth-order valence-corrected chi connectivity index (χ4v) is 9.66. The molecular weight excluding hydrogens is 766 g/mol. The predicted octanol–water partition coefficient (Wildman–Crippen LogP) is 2.57. The number of carbonyl (C=O) groups is 6. The lowest BCUT2D eigenvalue weighted by Gasteiger charge is -2.68. The number of fused-ring (bicyclic) bond motifs is 2. The molecule has 4 aliphatic carbocycles. The number of nitrogens with one attached hydrogen (secondary N) is 1. The summed E-state index contributed by atoms with van der Waals surface area (Å²) in [6.45, 7) is 3.82. The molecular formula is C44H45NO14. The van der Waals surface area contributed by atoms with Crippen molar-refractivity contribution < 1.29 is 67.8 Å². The number of amides is 1.